The Morgan fingerprint density at radius 2 is 2.00 bits per heavy atom. The number of carbonyl (C=O) groups excluding carboxylic acids is 2. The topological polar surface area (TPSA) is 105 Å². The molecular formula is C23H30N4O4. The minimum Gasteiger partial charge on any atom is -0.507 e. The van der Waals surface area contributed by atoms with Crippen LogP contribution in [-0.2, 0) is 7.05 Å². The average Bonchev–Trinajstić information content (AvgIpc) is 3.06. The average molecular weight is 427 g/mol. The van der Waals surface area contributed by atoms with E-state index in [-0.39, 0.29) is 46.0 Å². The van der Waals surface area contributed by atoms with Crippen molar-refractivity contribution in [3.63, 3.8) is 0 Å². The number of amides is 2. The van der Waals surface area contributed by atoms with Crippen LogP contribution in [0.25, 0.3) is 0 Å². The van der Waals surface area contributed by atoms with Gasteiger partial charge in [0.1, 0.15) is 22.8 Å². The van der Waals surface area contributed by atoms with Gasteiger partial charge in [0.15, 0.2) is 0 Å². The SMILES string of the molecule is CNC(=O)c1c(NC(=O)c2ccc3c(c2O)[C@@H]2C[C@H](C)CC[C@H]2C(C)(C)O3)cnn1C. The van der Waals surface area contributed by atoms with E-state index in [1.807, 2.05) is 0 Å². The lowest BCUT2D eigenvalue weighted by Gasteiger charge is -2.48. The van der Waals surface area contributed by atoms with Gasteiger partial charge in [-0.2, -0.15) is 5.10 Å². The second kappa shape index (κ2) is 7.59. The van der Waals surface area contributed by atoms with Crippen LogP contribution >= 0.6 is 0 Å². The largest absolute Gasteiger partial charge is 0.507 e. The molecule has 2 amide bonds. The third-order valence-electron chi connectivity index (χ3n) is 6.80. The third kappa shape index (κ3) is 3.54. The molecule has 2 aliphatic rings. The first kappa shape index (κ1) is 21.2. The Hall–Kier alpha value is -3.03. The van der Waals surface area contributed by atoms with Gasteiger partial charge in [-0.05, 0) is 50.7 Å². The monoisotopic (exact) mass is 426 g/mol. The zero-order chi connectivity index (χ0) is 22.5. The van der Waals surface area contributed by atoms with Crippen molar-refractivity contribution in [2.75, 3.05) is 12.4 Å². The van der Waals surface area contributed by atoms with E-state index in [0.717, 1.165) is 24.8 Å². The number of aryl methyl sites for hydroxylation is 1. The Bertz CT molecular complexity index is 1040. The molecule has 166 valence electrons. The van der Waals surface area contributed by atoms with Gasteiger partial charge in [0.25, 0.3) is 11.8 Å². The van der Waals surface area contributed by atoms with Gasteiger partial charge in [-0.15, -0.1) is 0 Å². The summed E-state index contributed by atoms with van der Waals surface area (Å²) in [5.74, 6) is 0.698. The van der Waals surface area contributed by atoms with Crippen LogP contribution in [0.2, 0.25) is 0 Å². The highest BCUT2D eigenvalue weighted by molar-refractivity contribution is 6.09. The number of hydrogen-bond donors (Lipinski definition) is 3. The minimum absolute atomic E-state index is 0.0417. The van der Waals surface area contributed by atoms with Gasteiger partial charge in [-0.3, -0.25) is 14.3 Å². The van der Waals surface area contributed by atoms with Crippen molar-refractivity contribution < 1.29 is 19.4 Å². The summed E-state index contributed by atoms with van der Waals surface area (Å²) in [6, 6.07) is 3.34. The van der Waals surface area contributed by atoms with Gasteiger partial charge < -0.3 is 20.5 Å². The number of nitrogens with one attached hydrogen (secondary N) is 2. The molecule has 0 unspecified atom stereocenters. The molecule has 1 aromatic heterocycles. The summed E-state index contributed by atoms with van der Waals surface area (Å²) < 4.78 is 7.66. The van der Waals surface area contributed by atoms with Crippen molar-refractivity contribution in [1.82, 2.24) is 15.1 Å². The predicted octanol–water partition coefficient (Wildman–Crippen LogP) is 3.43. The second-order valence-electron chi connectivity index (χ2n) is 9.27. The summed E-state index contributed by atoms with van der Waals surface area (Å²) in [7, 11) is 3.14. The van der Waals surface area contributed by atoms with Crippen LogP contribution in [0, 0.1) is 11.8 Å². The number of anilines is 1. The molecule has 1 fully saturated rings. The summed E-state index contributed by atoms with van der Waals surface area (Å²) in [4.78, 5) is 25.2. The van der Waals surface area contributed by atoms with Crippen molar-refractivity contribution >= 4 is 17.5 Å². The molecule has 0 spiro atoms. The molecule has 0 radical (unpaired) electrons. The maximum absolute atomic E-state index is 13.1. The first-order valence-corrected chi connectivity index (χ1v) is 10.7. The summed E-state index contributed by atoms with van der Waals surface area (Å²) >= 11 is 0. The Morgan fingerprint density at radius 1 is 1.26 bits per heavy atom. The number of carbonyl (C=O) groups is 2. The fourth-order valence-electron chi connectivity index (χ4n) is 5.22. The number of fused-ring (bicyclic) bond motifs is 3. The molecular weight excluding hydrogens is 396 g/mol. The zero-order valence-corrected chi connectivity index (χ0v) is 18.7. The van der Waals surface area contributed by atoms with E-state index >= 15 is 0 Å². The Morgan fingerprint density at radius 3 is 2.71 bits per heavy atom. The lowest BCUT2D eigenvalue weighted by molar-refractivity contribution is -0.0145. The molecule has 0 bridgehead atoms. The summed E-state index contributed by atoms with van der Waals surface area (Å²) in [6.45, 7) is 6.43. The van der Waals surface area contributed by atoms with E-state index in [4.69, 9.17) is 4.74 Å². The molecule has 3 atom stereocenters. The first-order chi connectivity index (χ1) is 14.6. The van der Waals surface area contributed by atoms with Crippen molar-refractivity contribution in [3.05, 3.63) is 35.2 Å². The summed E-state index contributed by atoms with van der Waals surface area (Å²) in [5, 5.41) is 20.5. The smallest absolute Gasteiger partial charge is 0.271 e. The number of ether oxygens (including phenoxy) is 1. The van der Waals surface area contributed by atoms with Crippen LogP contribution in [0.4, 0.5) is 5.69 Å². The molecule has 8 nitrogen and oxygen atoms in total. The summed E-state index contributed by atoms with van der Waals surface area (Å²) in [6.07, 6.45) is 4.53. The minimum atomic E-state index is -0.497. The van der Waals surface area contributed by atoms with E-state index < -0.39 is 5.91 Å². The van der Waals surface area contributed by atoms with Gasteiger partial charge in [0, 0.05) is 25.6 Å². The van der Waals surface area contributed by atoms with E-state index in [2.05, 4.69) is 36.5 Å². The highest BCUT2D eigenvalue weighted by Crippen LogP contribution is 2.55. The van der Waals surface area contributed by atoms with Crippen molar-refractivity contribution in [2.45, 2.75) is 51.6 Å². The quantitative estimate of drug-likeness (QED) is 0.697. The van der Waals surface area contributed by atoms with E-state index in [1.54, 1.807) is 19.2 Å². The molecule has 1 saturated carbocycles. The number of nitrogens with zero attached hydrogens (tertiary/aromatic N) is 2. The number of benzene rings is 1. The molecule has 1 aliphatic carbocycles. The highest BCUT2D eigenvalue weighted by Gasteiger charge is 2.47. The van der Waals surface area contributed by atoms with Gasteiger partial charge in [0.2, 0.25) is 0 Å². The number of aromatic nitrogens is 2. The van der Waals surface area contributed by atoms with Gasteiger partial charge in [-0.1, -0.05) is 13.3 Å². The highest BCUT2D eigenvalue weighted by atomic mass is 16.5. The fourth-order valence-corrected chi connectivity index (χ4v) is 5.22. The van der Waals surface area contributed by atoms with Crippen molar-refractivity contribution in [1.29, 1.82) is 0 Å². The first-order valence-electron chi connectivity index (χ1n) is 10.7. The maximum atomic E-state index is 13.1. The lowest BCUT2D eigenvalue weighted by atomic mass is 9.64. The lowest BCUT2D eigenvalue weighted by Crippen LogP contribution is -2.46. The molecule has 1 aromatic carbocycles. The second-order valence-corrected chi connectivity index (χ2v) is 9.27. The van der Waals surface area contributed by atoms with E-state index in [1.165, 1.54) is 17.9 Å². The molecule has 4 rings (SSSR count). The Balaban J connectivity index is 1.70. The normalized spacial score (nSPS) is 23.8. The van der Waals surface area contributed by atoms with E-state index in [0.29, 0.717) is 11.7 Å². The van der Waals surface area contributed by atoms with Gasteiger partial charge in [-0.25, -0.2) is 0 Å². The van der Waals surface area contributed by atoms with Crippen molar-refractivity contribution in [3.8, 4) is 11.5 Å². The summed E-state index contributed by atoms with van der Waals surface area (Å²) in [5.41, 5.74) is 1.07. The van der Waals surface area contributed by atoms with E-state index in [9.17, 15) is 14.7 Å². The molecule has 2 heterocycles. The Kier molecular flexibility index (Phi) is 5.19. The van der Waals surface area contributed by atoms with Crippen LogP contribution < -0.4 is 15.4 Å². The molecule has 8 heteroatoms. The van der Waals surface area contributed by atoms with Crippen LogP contribution in [-0.4, -0.2) is 39.4 Å². The van der Waals surface area contributed by atoms with Crippen LogP contribution in [0.1, 0.15) is 72.4 Å². The van der Waals surface area contributed by atoms with Crippen LogP contribution in [0.3, 0.4) is 0 Å². The third-order valence-corrected chi connectivity index (χ3v) is 6.80. The van der Waals surface area contributed by atoms with Crippen LogP contribution in [0.15, 0.2) is 18.3 Å². The van der Waals surface area contributed by atoms with Gasteiger partial charge in [0.05, 0.1) is 17.4 Å². The standard InChI is InChI=1S/C23H30N4O4/c1-12-6-8-15-14(10-12)18-17(31-23(15,2)3)9-7-13(20(18)28)21(29)26-16-11-25-27(5)19(16)22(30)24-4/h7,9,11-12,14-15,28H,6,8,10H2,1-5H3,(H,24,30)(H,26,29)/t12-,14-,15-/m1/s1. The fraction of sp³-hybridized carbons (Fsp3) is 0.522. The molecule has 31 heavy (non-hydrogen) atoms. The number of aromatic hydroxyl groups is 1. The van der Waals surface area contributed by atoms with Crippen molar-refractivity contribution in [2.24, 2.45) is 18.9 Å². The van der Waals surface area contributed by atoms with Crippen LogP contribution in [0.5, 0.6) is 11.5 Å². The number of hydrogen-bond acceptors (Lipinski definition) is 5. The molecule has 1 aliphatic heterocycles. The predicted molar refractivity (Wildman–Crippen MR) is 117 cm³/mol. The number of phenols is 1. The Labute approximate surface area is 182 Å². The van der Waals surface area contributed by atoms with Gasteiger partial charge >= 0.3 is 0 Å². The number of rotatable bonds is 3. The molecule has 0 saturated heterocycles. The zero-order valence-electron chi connectivity index (χ0n) is 18.7. The molecule has 3 N–H and O–H groups in total. The maximum Gasteiger partial charge on any atom is 0.271 e. The number of phenolic OH excluding ortho intramolecular Hbond substituents is 1. The molecule has 2 aromatic rings.